The first-order valence-electron chi connectivity index (χ1n) is 2.75. The molecule has 0 amide bonds. The average Bonchev–Trinajstić information content (AvgIpc) is 1.89. The van der Waals surface area contributed by atoms with E-state index in [2.05, 4.69) is 5.32 Å². The highest BCUT2D eigenvalue weighted by atomic mass is 16.6. The molecule has 10 heavy (non-hydrogen) atoms. The lowest BCUT2D eigenvalue weighted by Crippen LogP contribution is -2.09. The van der Waals surface area contributed by atoms with Crippen LogP contribution >= 0.6 is 0 Å². The van der Waals surface area contributed by atoms with E-state index >= 15 is 0 Å². The van der Waals surface area contributed by atoms with Gasteiger partial charge in [-0.1, -0.05) is 0 Å². The monoisotopic (exact) mass is 144 g/mol. The van der Waals surface area contributed by atoms with Crippen LogP contribution in [-0.2, 0) is 4.79 Å². The summed E-state index contributed by atoms with van der Waals surface area (Å²) in [5.74, 6) is 0. The van der Waals surface area contributed by atoms with Gasteiger partial charge in [-0.2, -0.15) is 0 Å². The molecule has 0 aliphatic carbocycles. The molecule has 0 bridgehead atoms. The zero-order valence-electron chi connectivity index (χ0n) is 5.53. The molecule has 0 atom stereocenters. The lowest BCUT2D eigenvalue weighted by molar-refractivity contribution is -0.417. The molecule has 0 heterocycles. The van der Waals surface area contributed by atoms with Crippen molar-refractivity contribution in [3.63, 3.8) is 0 Å². The summed E-state index contributed by atoms with van der Waals surface area (Å²) in [6.07, 6.45) is 1.27. The molecule has 1 N–H and O–H groups in total. The van der Waals surface area contributed by atoms with E-state index in [0.29, 0.717) is 6.54 Å². The normalized spacial score (nSPS) is 10.7. The van der Waals surface area contributed by atoms with E-state index in [9.17, 15) is 14.9 Å². The number of aldehydes is 1. The van der Waals surface area contributed by atoms with Gasteiger partial charge < -0.3 is 5.32 Å². The molecule has 0 fully saturated rings. The van der Waals surface area contributed by atoms with E-state index in [1.807, 2.05) is 0 Å². The van der Waals surface area contributed by atoms with Crippen molar-refractivity contribution in [1.82, 2.24) is 5.32 Å². The van der Waals surface area contributed by atoms with Gasteiger partial charge in [-0.3, -0.25) is 14.9 Å². The number of rotatable bonds is 4. The smallest absolute Gasteiger partial charge is 0.324 e. The predicted octanol–water partition coefficient (Wildman–Crippen LogP) is -0.0871. The van der Waals surface area contributed by atoms with E-state index in [-0.39, 0.29) is 6.29 Å². The molecule has 0 saturated carbocycles. The quantitative estimate of drug-likeness (QED) is 0.259. The molecule has 0 aromatic carbocycles. The molecule has 56 valence electrons. The first-order chi connectivity index (χ1) is 4.72. The third kappa shape index (κ3) is 2.81. The Labute approximate surface area is 57.9 Å². The van der Waals surface area contributed by atoms with E-state index in [4.69, 9.17) is 0 Å². The fourth-order valence-corrected chi connectivity index (χ4v) is 0.336. The Morgan fingerprint density at radius 3 is 2.70 bits per heavy atom. The SMILES string of the molecule is CCN/C=C(/C=O)[N+](=O)[O-]. The van der Waals surface area contributed by atoms with Crippen molar-refractivity contribution in [3.05, 3.63) is 22.0 Å². The molecule has 0 aliphatic rings. The minimum absolute atomic E-state index is 0.197. The zero-order valence-corrected chi connectivity index (χ0v) is 5.53. The molecule has 0 rings (SSSR count). The Kier molecular flexibility index (Phi) is 3.86. The van der Waals surface area contributed by atoms with Crippen LogP contribution in [0.4, 0.5) is 0 Å². The predicted molar refractivity (Wildman–Crippen MR) is 34.8 cm³/mol. The molecular weight excluding hydrogens is 136 g/mol. The Hall–Kier alpha value is -1.39. The van der Waals surface area contributed by atoms with Gasteiger partial charge in [-0.05, 0) is 6.92 Å². The molecule has 0 radical (unpaired) electrons. The largest absolute Gasteiger partial charge is 0.386 e. The minimum Gasteiger partial charge on any atom is -0.386 e. The number of nitrogens with zero attached hydrogens (tertiary/aromatic N) is 1. The highest BCUT2D eigenvalue weighted by Crippen LogP contribution is 1.85. The second-order valence-electron chi connectivity index (χ2n) is 1.50. The molecule has 0 unspecified atom stereocenters. The standard InChI is InChI=1S/C5H8N2O3/c1-2-6-3-5(4-8)7(9)10/h3-4,6H,2H2,1H3/b5-3-. The summed E-state index contributed by atoms with van der Waals surface area (Å²) >= 11 is 0. The molecule has 5 heteroatoms. The van der Waals surface area contributed by atoms with E-state index in [1.165, 1.54) is 0 Å². The third-order valence-electron chi connectivity index (χ3n) is 0.786. The molecular formula is C5H8N2O3. The Morgan fingerprint density at radius 2 is 2.40 bits per heavy atom. The lowest BCUT2D eigenvalue weighted by atomic mass is 10.5. The maximum absolute atomic E-state index is 9.90. The van der Waals surface area contributed by atoms with Gasteiger partial charge in [-0.25, -0.2) is 0 Å². The van der Waals surface area contributed by atoms with Crippen molar-refractivity contribution in [2.45, 2.75) is 6.92 Å². The number of hydrogen-bond acceptors (Lipinski definition) is 4. The van der Waals surface area contributed by atoms with Gasteiger partial charge in [0.1, 0.15) is 0 Å². The molecule has 0 spiro atoms. The topological polar surface area (TPSA) is 72.2 Å². The Bertz CT molecular complexity index is 164. The van der Waals surface area contributed by atoms with Crippen LogP contribution in [0.25, 0.3) is 0 Å². The summed E-state index contributed by atoms with van der Waals surface area (Å²) in [5, 5.41) is 12.4. The van der Waals surface area contributed by atoms with Crippen molar-refractivity contribution in [1.29, 1.82) is 0 Å². The first-order valence-corrected chi connectivity index (χ1v) is 2.75. The molecule has 0 aliphatic heterocycles. The fraction of sp³-hybridized carbons (Fsp3) is 0.400. The highest BCUT2D eigenvalue weighted by Gasteiger charge is 2.05. The molecule has 0 aromatic heterocycles. The number of hydrogen-bond donors (Lipinski definition) is 1. The maximum Gasteiger partial charge on any atom is 0.324 e. The zero-order chi connectivity index (χ0) is 7.98. The van der Waals surface area contributed by atoms with Gasteiger partial charge in [0.2, 0.25) is 6.29 Å². The van der Waals surface area contributed by atoms with Gasteiger partial charge in [0.05, 0.1) is 11.1 Å². The van der Waals surface area contributed by atoms with Gasteiger partial charge >= 0.3 is 5.70 Å². The van der Waals surface area contributed by atoms with E-state index in [0.717, 1.165) is 6.20 Å². The fourth-order valence-electron chi connectivity index (χ4n) is 0.336. The van der Waals surface area contributed by atoms with E-state index in [1.54, 1.807) is 6.92 Å². The minimum atomic E-state index is -0.740. The highest BCUT2D eigenvalue weighted by molar-refractivity contribution is 5.69. The van der Waals surface area contributed by atoms with Gasteiger partial charge in [0.25, 0.3) is 0 Å². The second kappa shape index (κ2) is 4.49. The summed E-state index contributed by atoms with van der Waals surface area (Å²) in [6.45, 7) is 2.34. The Morgan fingerprint density at radius 1 is 1.80 bits per heavy atom. The first kappa shape index (κ1) is 8.61. The van der Waals surface area contributed by atoms with Crippen LogP contribution < -0.4 is 5.32 Å². The van der Waals surface area contributed by atoms with Crippen LogP contribution in [0.1, 0.15) is 6.92 Å². The average molecular weight is 144 g/mol. The van der Waals surface area contributed by atoms with Crippen LogP contribution in [0, 0.1) is 10.1 Å². The molecule has 0 aromatic rings. The lowest BCUT2D eigenvalue weighted by Gasteiger charge is -1.90. The number of carbonyl (C=O) groups is 1. The van der Waals surface area contributed by atoms with Gasteiger partial charge in [-0.15, -0.1) is 0 Å². The Balaban J connectivity index is 4.04. The molecule has 5 nitrogen and oxygen atoms in total. The number of allylic oxidation sites excluding steroid dienone is 1. The maximum atomic E-state index is 9.90. The van der Waals surface area contributed by atoms with Gasteiger partial charge in [0, 0.05) is 6.54 Å². The summed E-state index contributed by atoms with van der Waals surface area (Å²) in [5.41, 5.74) is -0.457. The number of nitro groups is 1. The van der Waals surface area contributed by atoms with Crippen LogP contribution in [0.3, 0.4) is 0 Å². The second-order valence-corrected chi connectivity index (χ2v) is 1.50. The van der Waals surface area contributed by atoms with Crippen molar-refractivity contribution < 1.29 is 9.72 Å². The molecule has 0 saturated heterocycles. The number of carbonyl (C=O) groups excluding carboxylic acids is 1. The van der Waals surface area contributed by atoms with Crippen LogP contribution in [0.2, 0.25) is 0 Å². The third-order valence-corrected chi connectivity index (χ3v) is 0.786. The summed E-state index contributed by atoms with van der Waals surface area (Å²) in [6, 6.07) is 0. The van der Waals surface area contributed by atoms with Crippen LogP contribution in [-0.4, -0.2) is 17.8 Å². The van der Waals surface area contributed by atoms with Gasteiger partial charge in [0.15, 0.2) is 0 Å². The van der Waals surface area contributed by atoms with Crippen molar-refractivity contribution in [3.8, 4) is 0 Å². The van der Waals surface area contributed by atoms with Crippen molar-refractivity contribution >= 4 is 6.29 Å². The van der Waals surface area contributed by atoms with Crippen LogP contribution in [0.5, 0.6) is 0 Å². The van der Waals surface area contributed by atoms with Crippen LogP contribution in [0.15, 0.2) is 11.9 Å². The van der Waals surface area contributed by atoms with Crippen molar-refractivity contribution in [2.24, 2.45) is 0 Å². The van der Waals surface area contributed by atoms with E-state index < -0.39 is 10.6 Å². The number of nitrogens with one attached hydrogen (secondary N) is 1. The summed E-state index contributed by atoms with van der Waals surface area (Å²) < 4.78 is 0. The summed E-state index contributed by atoms with van der Waals surface area (Å²) in [4.78, 5) is 19.1. The summed E-state index contributed by atoms with van der Waals surface area (Å²) in [7, 11) is 0. The van der Waals surface area contributed by atoms with Crippen molar-refractivity contribution in [2.75, 3.05) is 6.54 Å².